The molecule has 1 unspecified atom stereocenters. The standard InChI is InChI=1S/C10H10N6/c1-2-6-4-7-5-16-10(13-14-15-16)12-9(7)11-8(6)3-1/h5-6H,1-4H2. The van der Waals surface area contributed by atoms with Crippen molar-refractivity contribution >= 4 is 17.3 Å². The molecule has 1 aliphatic carbocycles. The number of aliphatic imine (C=N–C) groups is 1. The maximum absolute atomic E-state index is 4.63. The molecular formula is C10H10N6. The Morgan fingerprint density at radius 2 is 2.38 bits per heavy atom. The molecule has 2 aliphatic rings. The van der Waals surface area contributed by atoms with E-state index >= 15 is 0 Å². The third kappa shape index (κ3) is 1.04. The first kappa shape index (κ1) is 8.32. The van der Waals surface area contributed by atoms with Crippen LogP contribution in [0.4, 0.5) is 5.82 Å². The highest BCUT2D eigenvalue weighted by Gasteiger charge is 2.28. The molecule has 6 heteroatoms. The molecule has 0 spiro atoms. The van der Waals surface area contributed by atoms with Crippen molar-refractivity contribution in [3.8, 4) is 0 Å². The summed E-state index contributed by atoms with van der Waals surface area (Å²) < 4.78 is 1.62. The van der Waals surface area contributed by atoms with Gasteiger partial charge in [-0.2, -0.15) is 9.50 Å². The quantitative estimate of drug-likeness (QED) is 0.654. The van der Waals surface area contributed by atoms with Gasteiger partial charge in [-0.05, 0) is 36.1 Å². The van der Waals surface area contributed by atoms with Crippen LogP contribution in [-0.2, 0) is 6.42 Å². The minimum atomic E-state index is 0.527. The van der Waals surface area contributed by atoms with Crippen molar-refractivity contribution in [1.29, 1.82) is 0 Å². The maximum Gasteiger partial charge on any atom is 0.275 e. The Hall–Kier alpha value is -1.85. The van der Waals surface area contributed by atoms with E-state index in [0.717, 1.165) is 24.2 Å². The molecule has 3 heterocycles. The van der Waals surface area contributed by atoms with Crippen molar-refractivity contribution in [2.45, 2.75) is 25.7 Å². The molecule has 0 bridgehead atoms. The van der Waals surface area contributed by atoms with Gasteiger partial charge in [-0.3, -0.25) is 0 Å². The van der Waals surface area contributed by atoms with E-state index in [-0.39, 0.29) is 0 Å². The lowest BCUT2D eigenvalue weighted by molar-refractivity contribution is 0.649. The summed E-state index contributed by atoms with van der Waals surface area (Å²) in [7, 11) is 0. The minimum absolute atomic E-state index is 0.527. The second-order valence-electron chi connectivity index (χ2n) is 4.41. The van der Waals surface area contributed by atoms with Crippen LogP contribution in [0.3, 0.4) is 0 Å². The topological polar surface area (TPSA) is 68.3 Å². The number of aromatic nitrogens is 5. The van der Waals surface area contributed by atoms with Crippen LogP contribution < -0.4 is 0 Å². The first-order valence-corrected chi connectivity index (χ1v) is 5.55. The van der Waals surface area contributed by atoms with Crippen LogP contribution in [0.2, 0.25) is 0 Å². The van der Waals surface area contributed by atoms with Crippen molar-refractivity contribution in [3.05, 3.63) is 11.8 Å². The first-order valence-electron chi connectivity index (χ1n) is 5.55. The minimum Gasteiger partial charge on any atom is -0.237 e. The van der Waals surface area contributed by atoms with Crippen molar-refractivity contribution in [1.82, 2.24) is 25.0 Å². The van der Waals surface area contributed by atoms with Gasteiger partial charge >= 0.3 is 0 Å². The number of hydrogen-bond donors (Lipinski definition) is 0. The average molecular weight is 214 g/mol. The monoisotopic (exact) mass is 214 g/mol. The summed E-state index contributed by atoms with van der Waals surface area (Å²) in [6.45, 7) is 0. The molecule has 0 N–H and O–H groups in total. The molecule has 1 fully saturated rings. The van der Waals surface area contributed by atoms with Gasteiger partial charge in [-0.1, -0.05) is 5.10 Å². The molecule has 16 heavy (non-hydrogen) atoms. The third-order valence-electron chi connectivity index (χ3n) is 3.42. The van der Waals surface area contributed by atoms with E-state index in [2.05, 4.69) is 25.5 Å². The molecule has 1 atom stereocenters. The zero-order chi connectivity index (χ0) is 10.5. The van der Waals surface area contributed by atoms with Gasteiger partial charge in [0.05, 0.1) is 0 Å². The largest absolute Gasteiger partial charge is 0.275 e. The normalized spacial score (nSPS) is 23.0. The number of tetrazole rings is 1. The summed E-state index contributed by atoms with van der Waals surface area (Å²) in [6.07, 6.45) is 6.63. The van der Waals surface area contributed by atoms with Gasteiger partial charge in [-0.25, -0.2) is 4.99 Å². The van der Waals surface area contributed by atoms with Gasteiger partial charge in [0.15, 0.2) is 5.82 Å². The summed E-state index contributed by atoms with van der Waals surface area (Å²) >= 11 is 0. The molecule has 0 aromatic carbocycles. The summed E-state index contributed by atoms with van der Waals surface area (Å²) in [5.41, 5.74) is 2.48. The fraction of sp³-hybridized carbons (Fsp3) is 0.500. The molecule has 1 saturated carbocycles. The summed E-state index contributed by atoms with van der Waals surface area (Å²) in [5, 5.41) is 11.3. The molecule has 80 valence electrons. The van der Waals surface area contributed by atoms with Crippen LogP contribution >= 0.6 is 0 Å². The van der Waals surface area contributed by atoms with E-state index in [1.807, 2.05) is 6.20 Å². The number of rotatable bonds is 0. The second kappa shape index (κ2) is 2.84. The molecule has 6 nitrogen and oxygen atoms in total. The van der Waals surface area contributed by atoms with Gasteiger partial charge in [-0.15, -0.1) is 0 Å². The van der Waals surface area contributed by atoms with Gasteiger partial charge < -0.3 is 0 Å². The van der Waals surface area contributed by atoms with E-state index in [1.54, 1.807) is 4.52 Å². The Morgan fingerprint density at radius 3 is 3.38 bits per heavy atom. The second-order valence-corrected chi connectivity index (χ2v) is 4.41. The van der Waals surface area contributed by atoms with Crippen molar-refractivity contribution in [3.63, 3.8) is 0 Å². The Labute approximate surface area is 91.4 Å². The third-order valence-corrected chi connectivity index (χ3v) is 3.42. The van der Waals surface area contributed by atoms with E-state index < -0.39 is 0 Å². The van der Waals surface area contributed by atoms with Crippen LogP contribution in [0.1, 0.15) is 24.8 Å². The lowest BCUT2D eigenvalue weighted by atomic mass is 9.95. The summed E-state index contributed by atoms with van der Waals surface area (Å²) in [5.74, 6) is 1.97. The van der Waals surface area contributed by atoms with Crippen LogP contribution in [0.15, 0.2) is 11.2 Å². The molecule has 0 radical (unpaired) electrons. The van der Waals surface area contributed by atoms with Crippen LogP contribution in [0.25, 0.3) is 5.78 Å². The molecule has 0 saturated heterocycles. The van der Waals surface area contributed by atoms with Gasteiger partial charge in [0, 0.05) is 23.4 Å². The van der Waals surface area contributed by atoms with E-state index in [9.17, 15) is 0 Å². The zero-order valence-electron chi connectivity index (χ0n) is 8.67. The van der Waals surface area contributed by atoms with Crippen LogP contribution in [0, 0.1) is 5.92 Å². The SMILES string of the molecule is c1c2c(nc3nnnn13)N=C1CCCC1C2. The highest BCUT2D eigenvalue weighted by Crippen LogP contribution is 2.34. The Balaban J connectivity index is 1.95. The molecule has 2 aromatic rings. The molecule has 1 aliphatic heterocycles. The lowest BCUT2D eigenvalue weighted by Gasteiger charge is -2.17. The van der Waals surface area contributed by atoms with E-state index in [0.29, 0.717) is 11.7 Å². The predicted molar refractivity (Wildman–Crippen MR) is 56.7 cm³/mol. The summed E-state index contributed by atoms with van der Waals surface area (Å²) in [6, 6.07) is 0. The van der Waals surface area contributed by atoms with Gasteiger partial charge in [0.1, 0.15) is 0 Å². The Kier molecular flexibility index (Phi) is 1.48. The van der Waals surface area contributed by atoms with Crippen LogP contribution in [-0.4, -0.2) is 30.7 Å². The lowest BCUT2D eigenvalue weighted by Crippen LogP contribution is -2.15. The maximum atomic E-state index is 4.63. The van der Waals surface area contributed by atoms with E-state index in [1.165, 1.54) is 18.6 Å². The smallest absolute Gasteiger partial charge is 0.237 e. The molecule has 0 amide bonds. The highest BCUT2D eigenvalue weighted by atomic mass is 15.5. The van der Waals surface area contributed by atoms with Gasteiger partial charge in [0.2, 0.25) is 0 Å². The van der Waals surface area contributed by atoms with Gasteiger partial charge in [0.25, 0.3) is 5.78 Å². The van der Waals surface area contributed by atoms with Crippen LogP contribution in [0.5, 0.6) is 0 Å². The zero-order valence-corrected chi connectivity index (χ0v) is 8.67. The Morgan fingerprint density at radius 1 is 1.38 bits per heavy atom. The fourth-order valence-corrected chi connectivity index (χ4v) is 2.63. The number of fused-ring (bicyclic) bond motifs is 3. The fourth-order valence-electron chi connectivity index (χ4n) is 2.63. The van der Waals surface area contributed by atoms with Crippen molar-refractivity contribution in [2.75, 3.05) is 0 Å². The number of hydrogen-bond acceptors (Lipinski definition) is 5. The number of nitrogens with zero attached hydrogens (tertiary/aromatic N) is 6. The summed E-state index contributed by atoms with van der Waals surface area (Å²) in [4.78, 5) is 9.01. The van der Waals surface area contributed by atoms with Crippen molar-refractivity contribution < 1.29 is 0 Å². The average Bonchev–Trinajstić information content (AvgIpc) is 2.89. The first-order chi connectivity index (χ1) is 7.90. The molecular weight excluding hydrogens is 204 g/mol. The molecule has 4 rings (SSSR count). The highest BCUT2D eigenvalue weighted by molar-refractivity contribution is 5.92. The molecule has 2 aromatic heterocycles. The predicted octanol–water partition coefficient (Wildman–Crippen LogP) is 0.948. The Bertz CT molecular complexity index is 598. The van der Waals surface area contributed by atoms with E-state index in [4.69, 9.17) is 0 Å². The van der Waals surface area contributed by atoms with Crippen molar-refractivity contribution in [2.24, 2.45) is 10.9 Å².